The van der Waals surface area contributed by atoms with Crippen molar-refractivity contribution in [1.29, 1.82) is 0 Å². The number of azide groups is 1. The van der Waals surface area contributed by atoms with Gasteiger partial charge in [0.05, 0.1) is 21.3 Å². The first kappa shape index (κ1) is 36.1. The van der Waals surface area contributed by atoms with Crippen LogP contribution in [-0.4, -0.2) is 81.3 Å². The zero-order valence-electron chi connectivity index (χ0n) is 24.3. The molecule has 232 valence electrons. The maximum absolute atomic E-state index is 12.7. The number of alkyl carbamates (subject to hydrolysis) is 1. The van der Waals surface area contributed by atoms with Crippen LogP contribution in [0.4, 0.5) is 10.5 Å². The molecule has 14 nitrogen and oxygen atoms in total. The van der Waals surface area contributed by atoms with E-state index in [1.165, 1.54) is 18.9 Å². The van der Waals surface area contributed by atoms with Gasteiger partial charge < -0.3 is 30.2 Å². The number of hydrogen-bond donors (Lipinski definition) is 3. The average molecular weight is 609 g/mol. The number of thioether (sulfide) groups is 1. The molecule has 0 aromatic heterocycles. The smallest absolute Gasteiger partial charge is 0.407 e. The minimum Gasteiger partial charge on any atom is -0.468 e. The highest BCUT2D eigenvalue weighted by Gasteiger charge is 2.25. The predicted molar refractivity (Wildman–Crippen MR) is 157 cm³/mol. The molecule has 0 heterocycles. The van der Waals surface area contributed by atoms with Crippen LogP contribution in [0.5, 0.6) is 0 Å². The van der Waals surface area contributed by atoms with Gasteiger partial charge in [-0.15, -0.1) is 0 Å². The van der Waals surface area contributed by atoms with Gasteiger partial charge in [-0.05, 0) is 48.6 Å². The second-order valence-electron chi connectivity index (χ2n) is 9.12. The quantitative estimate of drug-likeness (QED) is 0.0496. The maximum Gasteiger partial charge on any atom is 0.407 e. The summed E-state index contributed by atoms with van der Waals surface area (Å²) in [7, 11) is 3.50. The number of hydrogen-bond acceptors (Lipinski definition) is 10. The topological polar surface area (TPSA) is 198 Å². The largest absolute Gasteiger partial charge is 0.468 e. The first-order valence-electron chi connectivity index (χ1n) is 13.5. The number of unbranched alkanes of at least 4 members (excludes halogenated alkanes) is 4. The van der Waals surface area contributed by atoms with Gasteiger partial charge in [-0.3, -0.25) is 14.4 Å². The second-order valence-corrected chi connectivity index (χ2v) is 10.3. The molecule has 0 aliphatic carbocycles. The van der Waals surface area contributed by atoms with E-state index in [2.05, 4.69) is 40.2 Å². The summed E-state index contributed by atoms with van der Waals surface area (Å²) >= 11 is 1.50. The van der Waals surface area contributed by atoms with Crippen molar-refractivity contribution in [3.05, 3.63) is 40.3 Å². The summed E-state index contributed by atoms with van der Waals surface area (Å²) in [4.78, 5) is 62.9. The Balaban J connectivity index is 2.48. The summed E-state index contributed by atoms with van der Waals surface area (Å²) in [5.41, 5.74) is 10.3. The highest BCUT2D eigenvalue weighted by molar-refractivity contribution is 7.99. The molecule has 2 atom stereocenters. The Morgan fingerprint density at radius 3 is 2.38 bits per heavy atom. The molecule has 0 aliphatic rings. The lowest BCUT2D eigenvalue weighted by Gasteiger charge is -2.19. The fourth-order valence-corrected chi connectivity index (χ4v) is 4.81. The molecule has 1 rings (SSSR count). The van der Waals surface area contributed by atoms with E-state index in [4.69, 9.17) is 5.53 Å². The monoisotopic (exact) mass is 608 g/mol. The lowest BCUT2D eigenvalue weighted by Crippen LogP contribution is -2.50. The van der Waals surface area contributed by atoms with Crippen LogP contribution in [0.25, 0.3) is 10.4 Å². The first-order chi connectivity index (χ1) is 20.2. The van der Waals surface area contributed by atoms with Gasteiger partial charge in [0.2, 0.25) is 11.8 Å². The van der Waals surface area contributed by atoms with Crippen LogP contribution in [-0.2, 0) is 39.8 Å². The third-order valence-corrected chi connectivity index (χ3v) is 7.17. The summed E-state index contributed by atoms with van der Waals surface area (Å²) in [5.74, 6) is -1.36. The van der Waals surface area contributed by atoms with Crippen molar-refractivity contribution in [2.45, 2.75) is 63.5 Å². The molecule has 0 saturated heterocycles. The maximum atomic E-state index is 12.7. The summed E-state index contributed by atoms with van der Waals surface area (Å²) in [6.45, 7) is -0.338. The number of nitrogens with one attached hydrogen (secondary N) is 3. The van der Waals surface area contributed by atoms with Crippen LogP contribution >= 0.6 is 11.8 Å². The molecule has 0 bridgehead atoms. The van der Waals surface area contributed by atoms with Crippen LogP contribution in [0, 0.1) is 0 Å². The van der Waals surface area contributed by atoms with E-state index in [1.807, 2.05) is 18.2 Å². The predicted octanol–water partition coefficient (Wildman–Crippen LogP) is 3.31. The van der Waals surface area contributed by atoms with Crippen molar-refractivity contribution in [3.8, 4) is 0 Å². The number of rotatable bonds is 20. The summed E-state index contributed by atoms with van der Waals surface area (Å²) in [6.07, 6.45) is 4.89. The molecule has 0 spiro atoms. The van der Waals surface area contributed by atoms with Crippen LogP contribution in [0.15, 0.2) is 29.4 Å². The van der Waals surface area contributed by atoms with E-state index >= 15 is 0 Å². The minimum absolute atomic E-state index is 0.0729. The number of carbonyl (C=O) groups is 5. The molecule has 1 aromatic rings. The SMILES string of the molecule is COC(=O)CNC(=O)[C@H](CSCCCCCCCc1cccc(N=[N+]=[N-])c1)NC(=O)CC[C@H](NC(=O)OC)C(=O)OC. The van der Waals surface area contributed by atoms with Gasteiger partial charge in [0.1, 0.15) is 18.6 Å². The Kier molecular flexibility index (Phi) is 18.7. The zero-order valence-corrected chi connectivity index (χ0v) is 25.1. The van der Waals surface area contributed by atoms with E-state index in [0.29, 0.717) is 5.69 Å². The number of aryl methyl sites for hydroxylation is 1. The number of methoxy groups -OCH3 is 3. The molecule has 3 N–H and O–H groups in total. The summed E-state index contributed by atoms with van der Waals surface area (Å²) in [5, 5.41) is 11.0. The normalized spacial score (nSPS) is 11.7. The van der Waals surface area contributed by atoms with Crippen molar-refractivity contribution < 1.29 is 38.2 Å². The van der Waals surface area contributed by atoms with E-state index in [1.54, 1.807) is 6.07 Å². The van der Waals surface area contributed by atoms with Gasteiger partial charge in [0, 0.05) is 22.8 Å². The molecule has 0 radical (unpaired) electrons. The van der Waals surface area contributed by atoms with Crippen molar-refractivity contribution >= 4 is 47.3 Å². The number of esters is 2. The lowest BCUT2D eigenvalue weighted by molar-refractivity contribution is -0.143. The number of nitrogens with zero attached hydrogens (tertiary/aromatic N) is 3. The Hall–Kier alpha value is -3.97. The van der Waals surface area contributed by atoms with Crippen molar-refractivity contribution in [3.63, 3.8) is 0 Å². The van der Waals surface area contributed by atoms with Crippen molar-refractivity contribution in [2.24, 2.45) is 5.11 Å². The fraction of sp³-hybridized carbons (Fsp3) is 0.593. The molecule has 0 fully saturated rings. The van der Waals surface area contributed by atoms with Crippen LogP contribution in [0.3, 0.4) is 0 Å². The third kappa shape index (κ3) is 15.7. The molecule has 1 aromatic carbocycles. The Bertz CT molecular complexity index is 1080. The Morgan fingerprint density at radius 1 is 0.952 bits per heavy atom. The number of amides is 3. The van der Waals surface area contributed by atoms with Crippen molar-refractivity contribution in [1.82, 2.24) is 16.0 Å². The first-order valence-corrected chi connectivity index (χ1v) is 14.7. The van der Waals surface area contributed by atoms with Crippen LogP contribution < -0.4 is 16.0 Å². The van der Waals surface area contributed by atoms with Gasteiger partial charge in [0.15, 0.2) is 0 Å². The summed E-state index contributed by atoms with van der Waals surface area (Å²) < 4.78 is 13.7. The van der Waals surface area contributed by atoms with Crippen LogP contribution in [0.2, 0.25) is 0 Å². The number of ether oxygens (including phenoxy) is 3. The molecule has 0 aliphatic heterocycles. The lowest BCUT2D eigenvalue weighted by atomic mass is 10.1. The van der Waals surface area contributed by atoms with E-state index in [9.17, 15) is 24.0 Å². The molecular weight excluding hydrogens is 568 g/mol. The van der Waals surface area contributed by atoms with Gasteiger partial charge in [-0.2, -0.15) is 11.8 Å². The Labute approximate surface area is 249 Å². The summed E-state index contributed by atoms with van der Waals surface area (Å²) in [6, 6.07) is 5.54. The zero-order chi connectivity index (χ0) is 31.2. The standard InChI is InChI=1S/C27H40N6O8S/c1-39-24(35)17-29-25(36)22(30-23(34)14-13-21(26(37)40-2)31-27(38)41-3)18-42-15-8-6-4-5-7-10-19-11-9-12-20(16-19)32-33-28/h9,11-12,16,21-22H,4-8,10,13-15,17-18H2,1-3H3,(H,29,36)(H,30,34)(H,31,38)/t21-,22-/m0/s1. The minimum atomic E-state index is -1.10. The molecule has 15 heteroatoms. The number of carbonyl (C=O) groups excluding carboxylic acids is 5. The van der Waals surface area contributed by atoms with E-state index < -0.39 is 41.9 Å². The third-order valence-electron chi connectivity index (χ3n) is 6.02. The second kappa shape index (κ2) is 21.7. The van der Waals surface area contributed by atoms with E-state index in [-0.39, 0.29) is 25.1 Å². The van der Waals surface area contributed by atoms with Crippen molar-refractivity contribution in [2.75, 3.05) is 39.4 Å². The molecule has 42 heavy (non-hydrogen) atoms. The van der Waals surface area contributed by atoms with E-state index in [0.717, 1.165) is 64.1 Å². The molecular formula is C27H40N6O8S. The Morgan fingerprint density at radius 2 is 1.69 bits per heavy atom. The molecule has 0 saturated carbocycles. The molecule has 0 unspecified atom stereocenters. The highest BCUT2D eigenvalue weighted by Crippen LogP contribution is 2.17. The molecule has 3 amide bonds. The van der Waals surface area contributed by atoms with Gasteiger partial charge in [0.25, 0.3) is 0 Å². The number of benzene rings is 1. The van der Waals surface area contributed by atoms with Gasteiger partial charge in [-0.25, -0.2) is 9.59 Å². The highest BCUT2D eigenvalue weighted by atomic mass is 32.2. The fourth-order valence-electron chi connectivity index (χ4n) is 3.76. The van der Waals surface area contributed by atoms with Gasteiger partial charge >= 0.3 is 18.0 Å². The van der Waals surface area contributed by atoms with Gasteiger partial charge in [-0.1, -0.05) is 42.6 Å². The average Bonchev–Trinajstić information content (AvgIpc) is 2.99. The van der Waals surface area contributed by atoms with Crippen LogP contribution in [0.1, 0.15) is 50.5 Å².